The molecule has 5 rings (SSSR count). The third-order valence-corrected chi connectivity index (χ3v) is 8.46. The van der Waals surface area contributed by atoms with E-state index in [0.717, 1.165) is 0 Å². The van der Waals surface area contributed by atoms with E-state index in [1.165, 1.54) is 15.4 Å². The predicted octanol–water partition coefficient (Wildman–Crippen LogP) is 4.17. The summed E-state index contributed by atoms with van der Waals surface area (Å²) in [5.74, 6) is -6.52. The van der Waals surface area contributed by atoms with Gasteiger partial charge in [0.05, 0.1) is 35.2 Å². The lowest BCUT2D eigenvalue weighted by Crippen LogP contribution is -2.47. The molecule has 2 fully saturated rings. The molecule has 1 aliphatic heterocycles. The molecule has 4 heterocycles. The van der Waals surface area contributed by atoms with Gasteiger partial charge in [0.15, 0.2) is 5.65 Å². The highest BCUT2D eigenvalue weighted by molar-refractivity contribution is 5.92. The van der Waals surface area contributed by atoms with Crippen molar-refractivity contribution in [3.8, 4) is 0 Å². The van der Waals surface area contributed by atoms with Gasteiger partial charge in [-0.1, -0.05) is 0 Å². The number of carbonyl (C=O) groups excluding carboxylic acids is 2. The molecule has 10 nitrogen and oxygen atoms in total. The summed E-state index contributed by atoms with van der Waals surface area (Å²) < 4.78 is 71.4. The van der Waals surface area contributed by atoms with Crippen LogP contribution in [0.2, 0.25) is 0 Å². The Bertz CT molecular complexity index is 1470. The van der Waals surface area contributed by atoms with Gasteiger partial charge in [-0.3, -0.25) is 14.3 Å². The fraction of sp³-hybridized carbons (Fsp3) is 0.607. The van der Waals surface area contributed by atoms with E-state index in [1.807, 2.05) is 6.92 Å². The Morgan fingerprint density at radius 2 is 1.98 bits per heavy atom. The van der Waals surface area contributed by atoms with Gasteiger partial charge >= 0.3 is 6.18 Å². The second kappa shape index (κ2) is 11.7. The normalized spacial score (nSPS) is 21.9. The Hall–Kier alpha value is -3.78. The van der Waals surface area contributed by atoms with Gasteiger partial charge < -0.3 is 15.5 Å². The van der Waals surface area contributed by atoms with Crippen molar-refractivity contribution < 1.29 is 31.5 Å². The number of carbonyl (C=O) groups is 2. The number of aryl methyl sites for hydroxylation is 1. The first-order valence-electron chi connectivity index (χ1n) is 14.4. The first kappa shape index (κ1) is 30.7. The van der Waals surface area contributed by atoms with Gasteiger partial charge in [-0.05, 0) is 38.2 Å². The number of hydrogen-bond acceptors (Lipinski definition) is 6. The van der Waals surface area contributed by atoms with Crippen LogP contribution < -0.4 is 15.5 Å². The maximum atomic E-state index is 14.0. The van der Waals surface area contributed by atoms with Crippen molar-refractivity contribution in [3.05, 3.63) is 41.6 Å². The Kier molecular flexibility index (Phi) is 8.36. The van der Waals surface area contributed by atoms with E-state index in [9.17, 15) is 31.5 Å². The lowest BCUT2D eigenvalue weighted by molar-refractivity contribution is -0.183. The second-order valence-electron chi connectivity index (χ2n) is 11.6. The largest absolute Gasteiger partial charge is 0.393 e. The number of anilines is 1. The molecule has 1 aliphatic carbocycles. The minimum atomic E-state index is -4.43. The number of aromatic nitrogens is 5. The van der Waals surface area contributed by atoms with Crippen LogP contribution in [0.25, 0.3) is 5.65 Å². The number of nitrogens with one attached hydrogen (secondary N) is 2. The third-order valence-electron chi connectivity index (χ3n) is 8.46. The molecule has 2 amide bonds. The van der Waals surface area contributed by atoms with Crippen LogP contribution in [0.4, 0.5) is 27.6 Å². The molecule has 0 spiro atoms. The Morgan fingerprint density at radius 3 is 2.63 bits per heavy atom. The number of imidazole rings is 1. The average Bonchev–Trinajstić information content (AvgIpc) is 3.58. The molecule has 2 N–H and O–H groups in total. The smallest absolute Gasteiger partial charge is 0.376 e. The van der Waals surface area contributed by atoms with Gasteiger partial charge in [0.1, 0.15) is 5.69 Å². The lowest BCUT2D eigenvalue weighted by atomic mass is 9.81. The molecular formula is C28H35F5N8O2. The highest BCUT2D eigenvalue weighted by atomic mass is 19.4. The van der Waals surface area contributed by atoms with E-state index < -0.39 is 48.3 Å². The van der Waals surface area contributed by atoms with Gasteiger partial charge in [-0.15, -0.1) is 0 Å². The number of amides is 2. The number of rotatable bonds is 8. The van der Waals surface area contributed by atoms with Crippen LogP contribution in [0.5, 0.6) is 0 Å². The molecule has 1 saturated carbocycles. The first-order valence-corrected chi connectivity index (χ1v) is 14.4. The van der Waals surface area contributed by atoms with Crippen molar-refractivity contribution in [1.29, 1.82) is 0 Å². The number of piperidine rings is 1. The van der Waals surface area contributed by atoms with Gasteiger partial charge in [0.2, 0.25) is 11.8 Å². The monoisotopic (exact) mass is 610 g/mol. The van der Waals surface area contributed by atoms with E-state index >= 15 is 0 Å². The van der Waals surface area contributed by atoms with Crippen LogP contribution in [0.3, 0.4) is 0 Å². The van der Waals surface area contributed by atoms with Crippen LogP contribution in [-0.2, 0) is 17.8 Å². The van der Waals surface area contributed by atoms with E-state index in [-0.39, 0.29) is 44.4 Å². The summed E-state index contributed by atoms with van der Waals surface area (Å²) in [5, 5.41) is 14.2. The highest BCUT2D eigenvalue weighted by Crippen LogP contribution is 2.42. The molecular weight excluding hydrogens is 575 g/mol. The minimum Gasteiger partial charge on any atom is -0.376 e. The first-order chi connectivity index (χ1) is 20.3. The summed E-state index contributed by atoms with van der Waals surface area (Å²) in [6.07, 6.45) is -1.93. The van der Waals surface area contributed by atoms with Crippen LogP contribution in [-0.4, -0.2) is 68.9 Å². The van der Waals surface area contributed by atoms with Crippen molar-refractivity contribution in [1.82, 2.24) is 35.0 Å². The van der Waals surface area contributed by atoms with Gasteiger partial charge in [0.25, 0.3) is 5.91 Å². The van der Waals surface area contributed by atoms with Crippen molar-refractivity contribution in [3.63, 3.8) is 0 Å². The third kappa shape index (κ3) is 6.59. The van der Waals surface area contributed by atoms with Crippen LogP contribution in [0, 0.1) is 17.8 Å². The summed E-state index contributed by atoms with van der Waals surface area (Å²) >= 11 is 0. The SMILES string of the molecule is CCn1nccc1C(=O)N[C@H](c1cn2nc(CC3C[C@@H](C(F)(F)F)CNC3=O)c(N(C)C)cc2n1)C1CCC(F)(F)CC1. The van der Waals surface area contributed by atoms with Crippen LogP contribution in [0.1, 0.15) is 66.9 Å². The number of alkyl halides is 5. The number of nitrogens with zero attached hydrogens (tertiary/aromatic N) is 6. The number of halogens is 5. The lowest BCUT2D eigenvalue weighted by Gasteiger charge is -2.33. The summed E-state index contributed by atoms with van der Waals surface area (Å²) in [5.41, 5.74) is 2.15. The molecule has 2 aliphatic rings. The molecule has 0 radical (unpaired) electrons. The van der Waals surface area contributed by atoms with E-state index in [4.69, 9.17) is 4.98 Å². The predicted molar refractivity (Wildman–Crippen MR) is 147 cm³/mol. The fourth-order valence-corrected chi connectivity index (χ4v) is 6.03. The Labute approximate surface area is 245 Å². The van der Waals surface area contributed by atoms with Crippen LogP contribution in [0.15, 0.2) is 24.5 Å². The second-order valence-corrected chi connectivity index (χ2v) is 11.6. The zero-order valence-electron chi connectivity index (χ0n) is 24.2. The van der Waals surface area contributed by atoms with E-state index in [1.54, 1.807) is 37.3 Å². The van der Waals surface area contributed by atoms with Crippen molar-refractivity contribution in [2.24, 2.45) is 17.8 Å². The Morgan fingerprint density at radius 1 is 1.26 bits per heavy atom. The van der Waals surface area contributed by atoms with Gasteiger partial charge in [0, 0.05) is 64.6 Å². The average molecular weight is 611 g/mol. The molecule has 0 bridgehead atoms. The molecule has 3 aromatic rings. The maximum absolute atomic E-state index is 14.0. The quantitative estimate of drug-likeness (QED) is 0.371. The zero-order valence-corrected chi connectivity index (χ0v) is 24.2. The Balaban J connectivity index is 1.48. The molecule has 1 saturated heterocycles. The van der Waals surface area contributed by atoms with Gasteiger partial charge in [-0.25, -0.2) is 18.3 Å². The standard InChI is InChI=1S/C28H35F5N8O2/c1-4-40-21(7-10-35-40)26(43)37-24(16-5-8-27(29,30)9-6-16)20-15-41-23(36-20)13-22(39(2)3)19(38-41)12-17-11-18(28(31,32)33)14-34-25(17)42/h7,10,13,15-18,24H,4-6,8-9,11-12,14H2,1-3H3,(H,34,42)(H,37,43)/t17?,18-,24+/m1/s1. The number of hydrogen-bond donors (Lipinski definition) is 2. The molecule has 3 aromatic heterocycles. The van der Waals surface area contributed by atoms with Crippen molar-refractivity contribution in [2.45, 2.75) is 70.1 Å². The summed E-state index contributed by atoms with van der Waals surface area (Å²) in [7, 11) is 3.50. The molecule has 15 heteroatoms. The van der Waals surface area contributed by atoms with Crippen molar-refractivity contribution >= 4 is 23.1 Å². The summed E-state index contributed by atoms with van der Waals surface area (Å²) in [6, 6.07) is 2.60. The topological polar surface area (TPSA) is 109 Å². The van der Waals surface area contributed by atoms with E-state index in [2.05, 4.69) is 20.8 Å². The van der Waals surface area contributed by atoms with E-state index in [0.29, 0.717) is 35.0 Å². The molecule has 43 heavy (non-hydrogen) atoms. The molecule has 0 aromatic carbocycles. The summed E-state index contributed by atoms with van der Waals surface area (Å²) in [4.78, 5) is 32.3. The molecule has 3 atom stereocenters. The maximum Gasteiger partial charge on any atom is 0.393 e. The van der Waals surface area contributed by atoms with Crippen molar-refractivity contribution in [2.75, 3.05) is 25.5 Å². The molecule has 1 unspecified atom stereocenters. The molecule has 234 valence electrons. The fourth-order valence-electron chi connectivity index (χ4n) is 6.03. The highest BCUT2D eigenvalue weighted by Gasteiger charge is 2.45. The zero-order chi connectivity index (χ0) is 31.1. The van der Waals surface area contributed by atoms with Crippen LogP contribution >= 0.6 is 0 Å². The minimum absolute atomic E-state index is 0.0196. The number of fused-ring (bicyclic) bond motifs is 1. The van der Waals surface area contributed by atoms with Gasteiger partial charge in [-0.2, -0.15) is 23.4 Å². The summed E-state index contributed by atoms with van der Waals surface area (Å²) in [6.45, 7) is 1.86.